The summed E-state index contributed by atoms with van der Waals surface area (Å²) in [6, 6.07) is 3.96. The van der Waals surface area contributed by atoms with E-state index < -0.39 is 0 Å². The van der Waals surface area contributed by atoms with Crippen LogP contribution in [0.1, 0.15) is 59.1 Å². The number of hydrogen-bond acceptors (Lipinski definition) is 4. The zero-order valence-electron chi connectivity index (χ0n) is 14.1. The Balaban J connectivity index is 2.08. The fourth-order valence-electron chi connectivity index (χ4n) is 3.81. The third kappa shape index (κ3) is 2.49. The van der Waals surface area contributed by atoms with Crippen LogP contribution in [0.3, 0.4) is 0 Å². The van der Waals surface area contributed by atoms with E-state index in [1.807, 2.05) is 19.1 Å². The Bertz CT molecular complexity index is 906. The van der Waals surface area contributed by atoms with Crippen LogP contribution in [-0.2, 0) is 12.8 Å². The van der Waals surface area contributed by atoms with Crippen molar-refractivity contribution >= 4 is 27.3 Å². The van der Waals surface area contributed by atoms with Crippen LogP contribution < -0.4 is 0 Å². The Morgan fingerprint density at radius 2 is 2.00 bits per heavy atom. The average Bonchev–Trinajstić information content (AvgIpc) is 3.15. The molecule has 3 aromatic heterocycles. The van der Waals surface area contributed by atoms with Gasteiger partial charge in [0.1, 0.15) is 10.6 Å². The molecule has 0 atom stereocenters. The van der Waals surface area contributed by atoms with Gasteiger partial charge in [0.15, 0.2) is 5.78 Å². The van der Waals surface area contributed by atoms with E-state index in [9.17, 15) is 4.79 Å². The largest absolute Gasteiger partial charge is 0.464 e. The number of carbonyl (C=O) groups excluding carboxylic acids is 1. The Morgan fingerprint density at radius 1 is 1.21 bits per heavy atom. The van der Waals surface area contributed by atoms with Crippen LogP contribution in [0.15, 0.2) is 22.8 Å². The van der Waals surface area contributed by atoms with Gasteiger partial charge in [-0.3, -0.25) is 4.79 Å². The van der Waals surface area contributed by atoms with Crippen LogP contribution in [-0.4, -0.2) is 10.8 Å². The first kappa shape index (κ1) is 15.6. The third-order valence-corrected chi connectivity index (χ3v) is 6.23. The van der Waals surface area contributed by atoms with Crippen LogP contribution in [0.4, 0.5) is 0 Å². The smallest absolute Gasteiger partial charge is 0.170 e. The number of ketones is 1. The lowest BCUT2D eigenvalue weighted by atomic mass is 9.90. The molecular formula is C20H21NO2S. The van der Waals surface area contributed by atoms with E-state index in [4.69, 9.17) is 9.40 Å². The number of fused-ring (bicyclic) bond motifs is 2. The van der Waals surface area contributed by atoms with Gasteiger partial charge in [0.2, 0.25) is 0 Å². The molecular weight excluding hydrogens is 318 g/mol. The van der Waals surface area contributed by atoms with Crippen molar-refractivity contribution in [3.63, 3.8) is 0 Å². The molecule has 4 rings (SSSR count). The summed E-state index contributed by atoms with van der Waals surface area (Å²) in [6.07, 6.45) is 8.71. The van der Waals surface area contributed by atoms with E-state index >= 15 is 0 Å². The first-order valence-electron chi connectivity index (χ1n) is 8.66. The normalized spacial score (nSPS) is 15.1. The number of hydrogen-bond donors (Lipinski definition) is 0. The van der Waals surface area contributed by atoms with E-state index in [-0.39, 0.29) is 5.78 Å². The Hall–Kier alpha value is -1.94. The minimum absolute atomic E-state index is 0.119. The van der Waals surface area contributed by atoms with Crippen molar-refractivity contribution in [3.05, 3.63) is 40.1 Å². The molecule has 0 radical (unpaired) electrons. The minimum atomic E-state index is 0.119. The predicted octanol–water partition coefficient (Wildman–Crippen LogP) is 5.73. The molecule has 0 saturated carbocycles. The van der Waals surface area contributed by atoms with Gasteiger partial charge >= 0.3 is 0 Å². The standard InChI is InChI=1S/C20H21NO2S/c1-12-17-18(16-10-7-11-23-16)14-8-5-3-4-6-9-15(14)21-20(17)24-19(12)13(2)22/h7,10-11H,3-6,8-9H2,1-2H3. The van der Waals surface area contributed by atoms with Crippen molar-refractivity contribution < 1.29 is 9.21 Å². The quantitative estimate of drug-likeness (QED) is 0.560. The Kier molecular flexibility index (Phi) is 4.01. The fourth-order valence-corrected chi connectivity index (χ4v) is 4.91. The summed E-state index contributed by atoms with van der Waals surface area (Å²) < 4.78 is 5.78. The molecule has 124 valence electrons. The number of aryl methyl sites for hydroxylation is 2. The molecule has 0 aromatic carbocycles. The molecule has 0 amide bonds. The third-order valence-electron chi connectivity index (χ3n) is 4.94. The van der Waals surface area contributed by atoms with E-state index in [0.29, 0.717) is 0 Å². The molecule has 4 heteroatoms. The maximum atomic E-state index is 12.0. The van der Waals surface area contributed by atoms with Crippen LogP contribution in [0.2, 0.25) is 0 Å². The molecule has 1 aliphatic rings. The average molecular weight is 339 g/mol. The number of thiophene rings is 1. The second kappa shape index (κ2) is 6.17. The molecule has 3 heterocycles. The highest BCUT2D eigenvalue weighted by Gasteiger charge is 2.24. The fraction of sp³-hybridized carbons (Fsp3) is 0.400. The minimum Gasteiger partial charge on any atom is -0.464 e. The van der Waals surface area contributed by atoms with Gasteiger partial charge in [-0.2, -0.15) is 0 Å². The number of aromatic nitrogens is 1. The van der Waals surface area contributed by atoms with Crippen molar-refractivity contribution in [1.29, 1.82) is 0 Å². The highest BCUT2D eigenvalue weighted by Crippen LogP contribution is 2.41. The summed E-state index contributed by atoms with van der Waals surface area (Å²) >= 11 is 1.53. The summed E-state index contributed by atoms with van der Waals surface area (Å²) in [7, 11) is 0. The first-order valence-corrected chi connectivity index (χ1v) is 9.48. The van der Waals surface area contributed by atoms with E-state index in [0.717, 1.165) is 39.3 Å². The van der Waals surface area contributed by atoms with Gasteiger partial charge in [-0.15, -0.1) is 11.3 Å². The SMILES string of the molecule is CC(=O)c1sc2nc3c(c(-c4ccco4)c2c1C)CCCCCC3. The van der Waals surface area contributed by atoms with Gasteiger partial charge in [-0.1, -0.05) is 12.8 Å². The predicted molar refractivity (Wildman–Crippen MR) is 97.9 cm³/mol. The van der Waals surface area contributed by atoms with Crippen molar-refractivity contribution in [2.24, 2.45) is 0 Å². The molecule has 0 saturated heterocycles. The van der Waals surface area contributed by atoms with E-state index in [1.165, 1.54) is 53.8 Å². The van der Waals surface area contributed by atoms with Gasteiger partial charge in [0.05, 0.1) is 11.1 Å². The van der Waals surface area contributed by atoms with Crippen molar-refractivity contribution in [1.82, 2.24) is 4.98 Å². The van der Waals surface area contributed by atoms with Crippen LogP contribution in [0.5, 0.6) is 0 Å². The summed E-state index contributed by atoms with van der Waals surface area (Å²) in [5, 5.41) is 1.11. The Morgan fingerprint density at radius 3 is 2.71 bits per heavy atom. The molecule has 0 fully saturated rings. The van der Waals surface area contributed by atoms with Crippen LogP contribution in [0.25, 0.3) is 21.5 Å². The van der Waals surface area contributed by atoms with E-state index in [1.54, 1.807) is 13.2 Å². The summed E-state index contributed by atoms with van der Waals surface area (Å²) in [5.74, 6) is 1.02. The second-order valence-corrected chi connectivity index (χ2v) is 7.60. The Labute approximate surface area is 145 Å². The molecule has 0 spiro atoms. The molecule has 3 nitrogen and oxygen atoms in total. The molecule has 1 aliphatic carbocycles. The monoisotopic (exact) mass is 339 g/mol. The maximum Gasteiger partial charge on any atom is 0.170 e. The van der Waals surface area contributed by atoms with Crippen molar-refractivity contribution in [2.75, 3.05) is 0 Å². The van der Waals surface area contributed by atoms with Crippen LogP contribution >= 0.6 is 11.3 Å². The highest BCUT2D eigenvalue weighted by molar-refractivity contribution is 7.20. The molecule has 0 unspecified atom stereocenters. The molecule has 0 aliphatic heterocycles. The van der Waals surface area contributed by atoms with Gasteiger partial charge in [0, 0.05) is 16.6 Å². The van der Waals surface area contributed by atoms with Gasteiger partial charge in [-0.05, 0) is 62.8 Å². The lowest BCUT2D eigenvalue weighted by molar-refractivity contribution is 0.102. The lowest BCUT2D eigenvalue weighted by Gasteiger charge is -2.17. The lowest BCUT2D eigenvalue weighted by Crippen LogP contribution is -2.05. The van der Waals surface area contributed by atoms with Crippen molar-refractivity contribution in [2.45, 2.75) is 52.4 Å². The number of Topliss-reactive ketones (excluding diaryl/α,β-unsaturated/α-hetero) is 1. The van der Waals surface area contributed by atoms with Gasteiger partial charge in [-0.25, -0.2) is 4.98 Å². The number of furan rings is 1. The topological polar surface area (TPSA) is 43.1 Å². The molecule has 3 aromatic rings. The summed E-state index contributed by atoms with van der Waals surface area (Å²) in [4.78, 5) is 18.8. The summed E-state index contributed by atoms with van der Waals surface area (Å²) in [5.41, 5.74) is 4.74. The van der Waals surface area contributed by atoms with Crippen LogP contribution in [0, 0.1) is 6.92 Å². The molecule has 0 bridgehead atoms. The number of carbonyl (C=O) groups is 1. The molecule has 24 heavy (non-hydrogen) atoms. The maximum absolute atomic E-state index is 12.0. The zero-order chi connectivity index (χ0) is 16.7. The highest BCUT2D eigenvalue weighted by atomic mass is 32.1. The number of rotatable bonds is 2. The molecule has 0 N–H and O–H groups in total. The summed E-state index contributed by atoms with van der Waals surface area (Å²) in [6.45, 7) is 3.68. The first-order chi connectivity index (χ1) is 11.7. The second-order valence-electron chi connectivity index (χ2n) is 6.60. The van der Waals surface area contributed by atoms with E-state index in [2.05, 4.69) is 0 Å². The van der Waals surface area contributed by atoms with Gasteiger partial charge in [0.25, 0.3) is 0 Å². The van der Waals surface area contributed by atoms with Gasteiger partial charge < -0.3 is 4.42 Å². The zero-order valence-corrected chi connectivity index (χ0v) is 15.0. The number of pyridine rings is 1. The van der Waals surface area contributed by atoms with Crippen molar-refractivity contribution in [3.8, 4) is 11.3 Å². The number of nitrogens with zero attached hydrogens (tertiary/aromatic N) is 1.